The van der Waals surface area contributed by atoms with E-state index < -0.39 is 23.1 Å². The topological polar surface area (TPSA) is 43.6 Å². The Hall–Kier alpha value is -3.55. The van der Waals surface area contributed by atoms with E-state index in [0.29, 0.717) is 28.5 Å². The molecule has 1 aromatic carbocycles. The van der Waals surface area contributed by atoms with Crippen molar-refractivity contribution >= 4 is 0 Å². The second kappa shape index (κ2) is 7.61. The van der Waals surface area contributed by atoms with Crippen LogP contribution in [-0.2, 0) is 11.6 Å². The van der Waals surface area contributed by atoms with Crippen LogP contribution >= 0.6 is 0 Å². The van der Waals surface area contributed by atoms with Crippen molar-refractivity contribution in [1.29, 1.82) is 0 Å². The third kappa shape index (κ3) is 4.19. The summed E-state index contributed by atoms with van der Waals surface area (Å²) in [7, 11) is 0. The van der Waals surface area contributed by atoms with Crippen molar-refractivity contribution < 1.29 is 17.6 Å². The number of hydrogen-bond acceptors (Lipinski definition) is 3. The number of halogens is 4. The molecule has 0 fully saturated rings. The number of benzene rings is 1. The van der Waals surface area contributed by atoms with Gasteiger partial charge in [0.05, 0.1) is 28.1 Å². The maximum atomic E-state index is 13.4. The molecule has 0 unspecified atom stereocenters. The summed E-state index contributed by atoms with van der Waals surface area (Å²) in [6, 6.07) is 16.5. The second-order valence-corrected chi connectivity index (χ2v) is 7.58. The Kier molecular flexibility index (Phi) is 5.08. The van der Waals surface area contributed by atoms with Gasteiger partial charge in [0.15, 0.2) is 5.82 Å². The quantitative estimate of drug-likeness (QED) is 0.305. The molecule has 0 amide bonds. The summed E-state index contributed by atoms with van der Waals surface area (Å²) in [6.45, 7) is 3.83. The summed E-state index contributed by atoms with van der Waals surface area (Å²) in [5.41, 5.74) is 0.728. The highest BCUT2D eigenvalue weighted by Crippen LogP contribution is 2.33. The summed E-state index contributed by atoms with van der Waals surface area (Å²) >= 11 is 0. The lowest BCUT2D eigenvalue weighted by atomic mass is 9.85. The molecule has 4 rings (SSSR count). The Morgan fingerprint density at radius 3 is 2.29 bits per heavy atom. The van der Waals surface area contributed by atoms with Crippen molar-refractivity contribution in [2.45, 2.75) is 25.4 Å². The first-order valence-electron chi connectivity index (χ1n) is 9.49. The van der Waals surface area contributed by atoms with E-state index in [1.54, 1.807) is 48.7 Å². The van der Waals surface area contributed by atoms with Crippen LogP contribution in [-0.4, -0.2) is 19.7 Å². The van der Waals surface area contributed by atoms with Gasteiger partial charge in [0, 0.05) is 11.8 Å². The van der Waals surface area contributed by atoms with E-state index >= 15 is 0 Å². The Morgan fingerprint density at radius 1 is 0.806 bits per heavy atom. The van der Waals surface area contributed by atoms with Crippen molar-refractivity contribution in [3.63, 3.8) is 0 Å². The fraction of sp³-hybridized carbons (Fsp3) is 0.174. The lowest BCUT2D eigenvalue weighted by Crippen LogP contribution is -2.22. The molecule has 4 nitrogen and oxygen atoms in total. The smallest absolute Gasteiger partial charge is 0.252 e. The minimum atomic E-state index is -4.43. The normalized spacial score (nSPS) is 12.2. The van der Waals surface area contributed by atoms with Crippen LogP contribution in [0, 0.1) is 5.95 Å². The molecular formula is C23H18F4N4. The van der Waals surface area contributed by atoms with Crippen molar-refractivity contribution in [1.82, 2.24) is 19.7 Å². The summed E-state index contributed by atoms with van der Waals surface area (Å²) in [5.74, 6) is -0.267. The third-order valence-corrected chi connectivity index (χ3v) is 5.04. The summed E-state index contributed by atoms with van der Waals surface area (Å²) < 4.78 is 54.1. The van der Waals surface area contributed by atoms with Gasteiger partial charge in [0.25, 0.3) is 0 Å². The van der Waals surface area contributed by atoms with E-state index in [1.165, 1.54) is 16.8 Å². The maximum Gasteiger partial charge on any atom is 0.416 e. The highest BCUT2D eigenvalue weighted by Gasteiger charge is 2.31. The van der Waals surface area contributed by atoms with Crippen LogP contribution in [0.15, 0.2) is 72.9 Å². The standard InChI is InChI=1S/C23H18F4N4/c1-22(2,19-12-13-31(30-19)21-11-5-10-20(24)29-21)18-9-4-8-17(28-18)15-6-3-7-16(14-15)23(25,26)27/h3-14H,1-2H3. The van der Waals surface area contributed by atoms with Gasteiger partial charge < -0.3 is 0 Å². The number of alkyl halides is 3. The van der Waals surface area contributed by atoms with Gasteiger partial charge in [-0.25, -0.2) is 9.67 Å². The molecule has 0 bridgehead atoms. The molecule has 0 aliphatic carbocycles. The van der Waals surface area contributed by atoms with Crippen LogP contribution in [0.3, 0.4) is 0 Å². The molecule has 0 radical (unpaired) electrons. The first-order valence-corrected chi connectivity index (χ1v) is 9.49. The first-order chi connectivity index (χ1) is 14.6. The van der Waals surface area contributed by atoms with Crippen molar-refractivity contribution in [3.05, 3.63) is 95.8 Å². The largest absolute Gasteiger partial charge is 0.416 e. The fourth-order valence-electron chi connectivity index (χ4n) is 3.24. The number of nitrogens with zero attached hydrogens (tertiary/aromatic N) is 4. The predicted octanol–water partition coefficient (Wildman–Crippen LogP) is 5.81. The zero-order valence-corrected chi connectivity index (χ0v) is 16.7. The van der Waals surface area contributed by atoms with E-state index in [0.717, 1.165) is 12.1 Å². The van der Waals surface area contributed by atoms with E-state index in [9.17, 15) is 17.6 Å². The summed E-state index contributed by atoms with van der Waals surface area (Å²) in [5, 5.41) is 4.52. The Bertz CT molecular complexity index is 1230. The van der Waals surface area contributed by atoms with Gasteiger partial charge in [-0.1, -0.05) is 24.3 Å². The molecule has 31 heavy (non-hydrogen) atoms. The molecular weight excluding hydrogens is 408 g/mol. The third-order valence-electron chi connectivity index (χ3n) is 5.04. The van der Waals surface area contributed by atoms with E-state index in [2.05, 4.69) is 15.1 Å². The molecule has 8 heteroatoms. The number of aromatic nitrogens is 4. The Morgan fingerprint density at radius 2 is 1.55 bits per heavy atom. The average molecular weight is 426 g/mol. The van der Waals surface area contributed by atoms with Crippen LogP contribution in [0.4, 0.5) is 17.6 Å². The number of pyridine rings is 2. The minimum Gasteiger partial charge on any atom is -0.252 e. The lowest BCUT2D eigenvalue weighted by molar-refractivity contribution is -0.137. The lowest BCUT2D eigenvalue weighted by Gasteiger charge is -2.22. The minimum absolute atomic E-state index is 0.340. The molecule has 0 aliphatic rings. The zero-order chi connectivity index (χ0) is 22.2. The maximum absolute atomic E-state index is 13.4. The molecule has 0 saturated carbocycles. The van der Waals surface area contributed by atoms with Gasteiger partial charge in [-0.15, -0.1) is 0 Å². The molecule has 0 saturated heterocycles. The van der Waals surface area contributed by atoms with Crippen molar-refractivity contribution in [2.75, 3.05) is 0 Å². The number of rotatable bonds is 4. The SMILES string of the molecule is CC(C)(c1cccc(-c2cccc(C(F)(F)F)c2)n1)c1ccn(-c2cccc(F)n2)n1. The average Bonchev–Trinajstić information content (AvgIpc) is 3.25. The highest BCUT2D eigenvalue weighted by molar-refractivity contribution is 5.60. The molecule has 4 aromatic rings. The highest BCUT2D eigenvalue weighted by atomic mass is 19.4. The van der Waals surface area contributed by atoms with Gasteiger partial charge in [0.2, 0.25) is 5.95 Å². The first kappa shape index (κ1) is 20.7. The summed E-state index contributed by atoms with van der Waals surface area (Å²) in [6.07, 6.45) is -2.75. The van der Waals surface area contributed by atoms with Gasteiger partial charge in [-0.05, 0) is 56.3 Å². The molecule has 0 spiro atoms. The molecule has 0 N–H and O–H groups in total. The Labute approximate surface area is 176 Å². The summed E-state index contributed by atoms with van der Waals surface area (Å²) in [4.78, 5) is 8.44. The van der Waals surface area contributed by atoms with Crippen LogP contribution in [0.25, 0.3) is 17.1 Å². The molecule has 0 atom stereocenters. The van der Waals surface area contributed by atoms with Crippen LogP contribution in [0.5, 0.6) is 0 Å². The van der Waals surface area contributed by atoms with Gasteiger partial charge in [-0.2, -0.15) is 22.7 Å². The van der Waals surface area contributed by atoms with Crippen LogP contribution < -0.4 is 0 Å². The van der Waals surface area contributed by atoms with Crippen molar-refractivity contribution in [3.8, 4) is 17.1 Å². The van der Waals surface area contributed by atoms with Gasteiger partial charge in [0.1, 0.15) is 0 Å². The van der Waals surface area contributed by atoms with E-state index in [-0.39, 0.29) is 0 Å². The Balaban J connectivity index is 1.69. The fourth-order valence-corrected chi connectivity index (χ4v) is 3.24. The van der Waals surface area contributed by atoms with Crippen molar-refractivity contribution in [2.24, 2.45) is 0 Å². The van der Waals surface area contributed by atoms with Gasteiger partial charge in [-0.3, -0.25) is 4.98 Å². The zero-order valence-electron chi connectivity index (χ0n) is 16.7. The monoisotopic (exact) mass is 426 g/mol. The molecule has 3 heterocycles. The predicted molar refractivity (Wildman–Crippen MR) is 108 cm³/mol. The molecule has 158 valence electrons. The number of hydrogen-bond donors (Lipinski definition) is 0. The van der Waals surface area contributed by atoms with Gasteiger partial charge >= 0.3 is 6.18 Å². The van der Waals surface area contributed by atoms with E-state index in [4.69, 9.17) is 0 Å². The second-order valence-electron chi connectivity index (χ2n) is 7.58. The molecule has 0 aliphatic heterocycles. The molecule has 3 aromatic heterocycles. The van der Waals surface area contributed by atoms with E-state index in [1.807, 2.05) is 13.8 Å². The van der Waals surface area contributed by atoms with Crippen LogP contribution in [0.2, 0.25) is 0 Å². The van der Waals surface area contributed by atoms with Crippen LogP contribution in [0.1, 0.15) is 30.8 Å².